The summed E-state index contributed by atoms with van der Waals surface area (Å²) in [5.41, 5.74) is 5.88. The van der Waals surface area contributed by atoms with Crippen LogP contribution in [0.3, 0.4) is 0 Å². The molecule has 6 rings (SSSR count). The first kappa shape index (κ1) is 11.4. The average molecular weight is 343 g/mol. The highest BCUT2D eigenvalue weighted by Gasteiger charge is 2.54. The molecule has 0 fully saturated rings. The second kappa shape index (κ2) is 3.44. The van der Waals surface area contributed by atoms with E-state index in [2.05, 4.69) is 82.7 Å². The topological polar surface area (TPSA) is 0 Å². The van der Waals surface area contributed by atoms with Crippen LogP contribution in [-0.2, 0) is 5.41 Å². The van der Waals surface area contributed by atoms with Gasteiger partial charge in [0.2, 0.25) is 0 Å². The van der Waals surface area contributed by atoms with E-state index in [4.69, 9.17) is 0 Å². The Balaban J connectivity index is 1.82. The maximum Gasteiger partial charge on any atom is 0.0726 e. The van der Waals surface area contributed by atoms with Crippen LogP contribution in [-0.4, -0.2) is 0 Å². The van der Waals surface area contributed by atoms with Crippen LogP contribution < -0.4 is 0 Å². The molecule has 0 saturated carbocycles. The van der Waals surface area contributed by atoms with E-state index in [0.29, 0.717) is 0 Å². The molecule has 1 spiro atoms. The van der Waals surface area contributed by atoms with Gasteiger partial charge in [0, 0.05) is 4.47 Å². The Bertz CT molecular complexity index is 1100. The lowest BCUT2D eigenvalue weighted by Crippen LogP contribution is -2.43. The summed E-state index contributed by atoms with van der Waals surface area (Å²) in [6.07, 6.45) is 0. The lowest BCUT2D eigenvalue weighted by molar-refractivity contribution is 0.700. The molecule has 0 heterocycles. The van der Waals surface area contributed by atoms with Crippen molar-refractivity contribution < 1.29 is 0 Å². The van der Waals surface area contributed by atoms with Crippen LogP contribution in [0.15, 0.2) is 71.2 Å². The van der Waals surface area contributed by atoms with Crippen molar-refractivity contribution in [2.75, 3.05) is 0 Å². The first-order valence-corrected chi connectivity index (χ1v) is 8.37. The molecule has 0 amide bonds. The minimum atomic E-state index is 0.00866. The number of hydrogen-bond donors (Lipinski definition) is 0. The molecule has 1 heteroatoms. The zero-order valence-electron chi connectivity index (χ0n) is 11.7. The van der Waals surface area contributed by atoms with Crippen LogP contribution in [0.5, 0.6) is 0 Å². The summed E-state index contributed by atoms with van der Waals surface area (Å²) in [5.74, 6) is 0. The van der Waals surface area contributed by atoms with Gasteiger partial charge >= 0.3 is 0 Å². The van der Waals surface area contributed by atoms with E-state index in [-0.39, 0.29) is 5.41 Å². The Morgan fingerprint density at radius 3 is 1.77 bits per heavy atom. The van der Waals surface area contributed by atoms with Crippen molar-refractivity contribution in [3.8, 4) is 0 Å². The molecule has 0 saturated heterocycles. The van der Waals surface area contributed by atoms with Gasteiger partial charge in [-0.1, -0.05) is 70.5 Å². The quantitative estimate of drug-likeness (QED) is 0.329. The van der Waals surface area contributed by atoms with E-state index in [0.717, 1.165) is 0 Å². The van der Waals surface area contributed by atoms with Crippen LogP contribution in [0.2, 0.25) is 0 Å². The molecular weight excluding hydrogens is 332 g/mol. The summed E-state index contributed by atoms with van der Waals surface area (Å²) >= 11 is 3.69. The molecule has 0 aromatic heterocycles. The van der Waals surface area contributed by atoms with Gasteiger partial charge in [-0.25, -0.2) is 0 Å². The largest absolute Gasteiger partial charge is 0.0726 e. The second-order valence-electron chi connectivity index (χ2n) is 6.32. The third-order valence-corrected chi connectivity index (χ3v) is 5.92. The van der Waals surface area contributed by atoms with E-state index in [1.165, 1.54) is 48.3 Å². The summed E-state index contributed by atoms with van der Waals surface area (Å²) in [5, 5.41) is 5.59. The van der Waals surface area contributed by atoms with E-state index in [1.54, 1.807) is 0 Å². The van der Waals surface area contributed by atoms with Crippen molar-refractivity contribution in [3.63, 3.8) is 0 Å². The lowest BCUT2D eigenvalue weighted by Gasteiger charge is -2.52. The van der Waals surface area contributed by atoms with Gasteiger partial charge in [-0.15, -0.1) is 0 Å². The zero-order chi connectivity index (χ0) is 14.5. The Hall–Kier alpha value is -2.12. The normalized spacial score (nSPS) is 15.9. The Morgan fingerprint density at radius 1 is 0.591 bits per heavy atom. The molecule has 0 nitrogen and oxygen atoms in total. The van der Waals surface area contributed by atoms with Gasteiger partial charge in [-0.2, -0.15) is 0 Å². The number of fused-ring (bicyclic) bond motifs is 4. The first-order valence-electron chi connectivity index (χ1n) is 7.58. The summed E-state index contributed by atoms with van der Waals surface area (Å²) in [6, 6.07) is 24.7. The number of benzene rings is 4. The van der Waals surface area contributed by atoms with E-state index >= 15 is 0 Å². The molecule has 4 aromatic carbocycles. The summed E-state index contributed by atoms with van der Waals surface area (Å²) in [4.78, 5) is 0. The van der Waals surface area contributed by atoms with Crippen molar-refractivity contribution in [1.29, 1.82) is 0 Å². The minimum Gasteiger partial charge on any atom is -0.0613 e. The molecule has 0 unspecified atom stereocenters. The van der Waals surface area contributed by atoms with Gasteiger partial charge in [-0.05, 0) is 55.9 Å². The molecule has 2 aliphatic carbocycles. The van der Waals surface area contributed by atoms with Gasteiger partial charge in [-0.3, -0.25) is 0 Å². The third kappa shape index (κ3) is 0.986. The maximum atomic E-state index is 3.69. The van der Waals surface area contributed by atoms with Crippen LogP contribution in [0.25, 0.3) is 21.5 Å². The molecule has 4 aromatic rings. The average Bonchev–Trinajstić information content (AvgIpc) is 2.52. The molecular formula is C21H11Br. The second-order valence-corrected chi connectivity index (χ2v) is 7.23. The highest BCUT2D eigenvalue weighted by atomic mass is 79.9. The maximum absolute atomic E-state index is 3.69. The van der Waals surface area contributed by atoms with Crippen LogP contribution >= 0.6 is 15.9 Å². The molecule has 22 heavy (non-hydrogen) atoms. The van der Waals surface area contributed by atoms with E-state index in [9.17, 15) is 0 Å². The number of halogens is 1. The van der Waals surface area contributed by atoms with Gasteiger partial charge in [0.25, 0.3) is 0 Å². The fourth-order valence-electron chi connectivity index (χ4n) is 4.71. The van der Waals surface area contributed by atoms with Crippen molar-refractivity contribution in [3.05, 3.63) is 93.5 Å². The van der Waals surface area contributed by atoms with Crippen LogP contribution in [0.1, 0.15) is 22.3 Å². The predicted molar refractivity (Wildman–Crippen MR) is 94.6 cm³/mol. The lowest BCUT2D eigenvalue weighted by atomic mass is 9.49. The van der Waals surface area contributed by atoms with Crippen molar-refractivity contribution in [1.82, 2.24) is 0 Å². The SMILES string of the molecule is Brc1cc2c3c(cccc3c1)C21c2cccc3cccc1c23. The highest BCUT2D eigenvalue weighted by molar-refractivity contribution is 9.10. The van der Waals surface area contributed by atoms with E-state index in [1.807, 2.05) is 0 Å². The van der Waals surface area contributed by atoms with E-state index < -0.39 is 0 Å². The van der Waals surface area contributed by atoms with Crippen molar-refractivity contribution >= 4 is 37.5 Å². The first-order chi connectivity index (χ1) is 10.8. The summed E-state index contributed by atoms with van der Waals surface area (Å²) in [6.45, 7) is 0. The van der Waals surface area contributed by atoms with Gasteiger partial charge in [0.05, 0.1) is 5.41 Å². The fourth-order valence-corrected chi connectivity index (χ4v) is 5.19. The molecule has 0 aliphatic heterocycles. The van der Waals surface area contributed by atoms with Crippen LogP contribution in [0, 0.1) is 0 Å². The molecule has 0 bridgehead atoms. The smallest absolute Gasteiger partial charge is 0.0613 e. The number of hydrogen-bond acceptors (Lipinski definition) is 0. The monoisotopic (exact) mass is 342 g/mol. The fraction of sp³-hybridized carbons (Fsp3) is 0.0476. The summed E-state index contributed by atoms with van der Waals surface area (Å²) in [7, 11) is 0. The summed E-state index contributed by atoms with van der Waals surface area (Å²) < 4.78 is 1.17. The zero-order valence-corrected chi connectivity index (χ0v) is 13.3. The predicted octanol–water partition coefficient (Wildman–Crippen LogP) is 5.77. The third-order valence-electron chi connectivity index (χ3n) is 5.46. The standard InChI is InChI=1S/C21H11Br/c22-14-10-13-6-3-9-17-20(13)18(11-14)21(17)15-7-1-4-12-5-2-8-16(21)19(12)15/h1-11H. The molecule has 2 aliphatic rings. The molecule has 102 valence electrons. The van der Waals surface area contributed by atoms with Gasteiger partial charge < -0.3 is 0 Å². The van der Waals surface area contributed by atoms with Gasteiger partial charge in [0.1, 0.15) is 0 Å². The highest BCUT2D eigenvalue weighted by Crippen LogP contribution is 2.64. The Morgan fingerprint density at radius 2 is 1.14 bits per heavy atom. The Labute approximate surface area is 136 Å². The van der Waals surface area contributed by atoms with Crippen molar-refractivity contribution in [2.45, 2.75) is 5.41 Å². The Kier molecular flexibility index (Phi) is 1.79. The molecule has 0 atom stereocenters. The molecule has 0 radical (unpaired) electrons. The van der Waals surface area contributed by atoms with Crippen LogP contribution in [0.4, 0.5) is 0 Å². The number of rotatable bonds is 0. The van der Waals surface area contributed by atoms with Crippen molar-refractivity contribution in [2.24, 2.45) is 0 Å². The van der Waals surface area contributed by atoms with Gasteiger partial charge in [0.15, 0.2) is 0 Å². The minimum absolute atomic E-state index is 0.00866. The molecule has 0 N–H and O–H groups in total.